The quantitative estimate of drug-likeness (QED) is 0.738. The van der Waals surface area contributed by atoms with Gasteiger partial charge in [0.1, 0.15) is 0 Å². The molecule has 1 aromatic carbocycles. The molecule has 3 rings (SSSR count). The Balaban J connectivity index is 1.93. The molecule has 1 atom stereocenters. The number of rotatable bonds is 4. The molecule has 2 aromatic heterocycles. The third-order valence-electron chi connectivity index (χ3n) is 3.47. The van der Waals surface area contributed by atoms with Crippen LogP contribution in [-0.2, 0) is 22.7 Å². The number of hydrogen-bond acceptors (Lipinski definition) is 4. The summed E-state index contributed by atoms with van der Waals surface area (Å²) in [6, 6.07) is 4.30. The Kier molecular flexibility index (Phi) is 4.38. The molecule has 2 N–H and O–H groups in total. The van der Waals surface area contributed by atoms with Gasteiger partial charge in [-0.3, -0.25) is 9.00 Å². The molecule has 25 heavy (non-hydrogen) atoms. The predicted octanol–water partition coefficient (Wildman–Crippen LogP) is 2.59. The lowest BCUT2D eigenvalue weighted by Gasteiger charge is -2.06. The van der Waals surface area contributed by atoms with Gasteiger partial charge in [-0.05, 0) is 18.2 Å². The van der Waals surface area contributed by atoms with Crippen LogP contribution in [0.2, 0.25) is 0 Å². The Hall–Kier alpha value is -2.62. The number of fused-ring (bicyclic) bond motifs is 1. The molecule has 6 nitrogen and oxygen atoms in total. The number of halogens is 3. The summed E-state index contributed by atoms with van der Waals surface area (Å²) in [6.07, 6.45) is -3.08. The number of aromatic amines is 2. The molecule has 0 radical (unpaired) electrons. The maximum atomic E-state index is 12.7. The van der Waals surface area contributed by atoms with Crippen molar-refractivity contribution in [3.05, 3.63) is 51.9 Å². The van der Waals surface area contributed by atoms with Crippen molar-refractivity contribution >= 4 is 21.8 Å². The molecule has 2 heterocycles. The van der Waals surface area contributed by atoms with Crippen LogP contribution in [0.4, 0.5) is 13.2 Å². The summed E-state index contributed by atoms with van der Waals surface area (Å²) in [5, 5.41) is 0.0149. The molecule has 0 aliphatic rings. The van der Waals surface area contributed by atoms with Gasteiger partial charge in [0.2, 0.25) is 5.43 Å². The van der Waals surface area contributed by atoms with Crippen LogP contribution in [0.15, 0.2) is 40.4 Å². The Morgan fingerprint density at radius 1 is 1.28 bits per heavy atom. The molecule has 0 saturated heterocycles. The highest BCUT2D eigenvalue weighted by molar-refractivity contribution is 7.84. The van der Waals surface area contributed by atoms with Crippen LogP contribution in [0.5, 0.6) is 5.75 Å². The lowest BCUT2D eigenvalue weighted by molar-refractivity contribution is -0.137. The lowest BCUT2D eigenvalue weighted by atomic mass is 10.2. The van der Waals surface area contributed by atoms with Crippen molar-refractivity contribution in [2.45, 2.75) is 17.1 Å². The molecular weight excluding hydrogens is 359 g/mol. The van der Waals surface area contributed by atoms with Gasteiger partial charge >= 0.3 is 6.18 Å². The zero-order chi connectivity index (χ0) is 18.2. The number of benzene rings is 1. The van der Waals surface area contributed by atoms with Crippen molar-refractivity contribution in [2.24, 2.45) is 0 Å². The first kappa shape index (κ1) is 17.2. The maximum Gasteiger partial charge on any atom is 0.416 e. The van der Waals surface area contributed by atoms with E-state index in [2.05, 4.69) is 15.0 Å². The second kappa shape index (κ2) is 6.36. The molecular formula is C15H12F3N3O3S. The van der Waals surface area contributed by atoms with E-state index in [1.807, 2.05) is 0 Å². The van der Waals surface area contributed by atoms with Gasteiger partial charge < -0.3 is 14.7 Å². The van der Waals surface area contributed by atoms with Gasteiger partial charge in [-0.2, -0.15) is 13.2 Å². The molecule has 0 saturated carbocycles. The smallest absolute Gasteiger partial charge is 0.416 e. The van der Waals surface area contributed by atoms with Gasteiger partial charge in [-0.1, -0.05) is 0 Å². The lowest BCUT2D eigenvalue weighted by Crippen LogP contribution is -2.11. The van der Waals surface area contributed by atoms with Gasteiger partial charge in [0, 0.05) is 12.3 Å². The normalized spacial score (nSPS) is 13.1. The predicted molar refractivity (Wildman–Crippen MR) is 84.8 cm³/mol. The van der Waals surface area contributed by atoms with Gasteiger partial charge in [0.05, 0.1) is 46.0 Å². The minimum atomic E-state index is -4.48. The van der Waals surface area contributed by atoms with Gasteiger partial charge in [0.25, 0.3) is 0 Å². The molecule has 0 aliphatic heterocycles. The Morgan fingerprint density at radius 3 is 2.72 bits per heavy atom. The monoisotopic (exact) mass is 371 g/mol. The van der Waals surface area contributed by atoms with Crippen molar-refractivity contribution in [1.29, 1.82) is 0 Å². The second-order valence-electron chi connectivity index (χ2n) is 5.12. The van der Waals surface area contributed by atoms with Crippen LogP contribution in [0, 0.1) is 0 Å². The van der Waals surface area contributed by atoms with E-state index in [0.29, 0.717) is 5.69 Å². The third kappa shape index (κ3) is 3.43. The number of imidazole rings is 1. The fourth-order valence-corrected chi connectivity index (χ4v) is 3.35. The number of ether oxygens (including phenoxy) is 1. The number of pyridine rings is 1. The average Bonchev–Trinajstić information content (AvgIpc) is 2.97. The van der Waals surface area contributed by atoms with E-state index in [0.717, 1.165) is 12.1 Å². The topological polar surface area (TPSA) is 87.8 Å². The van der Waals surface area contributed by atoms with E-state index in [-0.39, 0.29) is 33.1 Å². The number of aromatic nitrogens is 3. The highest BCUT2D eigenvalue weighted by atomic mass is 32.2. The summed E-state index contributed by atoms with van der Waals surface area (Å²) in [4.78, 5) is 21.2. The largest absolute Gasteiger partial charge is 0.491 e. The van der Waals surface area contributed by atoms with E-state index in [4.69, 9.17) is 4.74 Å². The average molecular weight is 371 g/mol. The second-order valence-corrected chi connectivity index (χ2v) is 6.48. The fraction of sp³-hybridized carbons (Fsp3) is 0.200. The molecule has 132 valence electrons. The Morgan fingerprint density at radius 2 is 2.04 bits per heavy atom. The highest BCUT2D eigenvalue weighted by Gasteiger charge is 2.30. The molecule has 3 aromatic rings. The third-order valence-corrected chi connectivity index (χ3v) is 4.65. The minimum absolute atomic E-state index is 0.0149. The fourth-order valence-electron chi connectivity index (χ4n) is 2.31. The molecule has 1 unspecified atom stereocenters. The summed E-state index contributed by atoms with van der Waals surface area (Å²) in [5.41, 5.74) is -0.482. The molecule has 0 spiro atoms. The number of H-pyrrole nitrogens is 2. The van der Waals surface area contributed by atoms with Crippen LogP contribution in [0.3, 0.4) is 0 Å². The van der Waals surface area contributed by atoms with E-state index >= 15 is 0 Å². The number of nitrogens with one attached hydrogen (secondary N) is 2. The summed E-state index contributed by atoms with van der Waals surface area (Å²) in [7, 11) is -0.397. The SMILES string of the molecule is COc1c(CS(=O)c2nc3ccc(C(F)(F)F)cc3[nH]2)[nH]ccc1=O. The van der Waals surface area contributed by atoms with E-state index in [1.165, 1.54) is 25.4 Å². The zero-order valence-corrected chi connectivity index (χ0v) is 13.6. The number of methoxy groups -OCH3 is 1. The number of nitrogens with zero attached hydrogens (tertiary/aromatic N) is 1. The van der Waals surface area contributed by atoms with Gasteiger partial charge in [0.15, 0.2) is 10.9 Å². The summed E-state index contributed by atoms with van der Waals surface area (Å²) in [6.45, 7) is 0. The first-order valence-electron chi connectivity index (χ1n) is 6.99. The first-order chi connectivity index (χ1) is 11.8. The van der Waals surface area contributed by atoms with Crippen molar-refractivity contribution in [3.63, 3.8) is 0 Å². The van der Waals surface area contributed by atoms with E-state index in [1.54, 1.807) is 0 Å². The van der Waals surface area contributed by atoms with Gasteiger partial charge in [-0.25, -0.2) is 4.98 Å². The van der Waals surface area contributed by atoms with Crippen molar-refractivity contribution in [3.8, 4) is 5.75 Å². The summed E-state index contributed by atoms with van der Waals surface area (Å²) < 4.78 is 55.7. The van der Waals surface area contributed by atoms with Crippen LogP contribution < -0.4 is 10.2 Å². The van der Waals surface area contributed by atoms with E-state index < -0.39 is 22.5 Å². The zero-order valence-electron chi connectivity index (χ0n) is 12.8. The first-order valence-corrected chi connectivity index (χ1v) is 8.31. The van der Waals surface area contributed by atoms with Crippen molar-refractivity contribution < 1.29 is 22.1 Å². The van der Waals surface area contributed by atoms with Crippen molar-refractivity contribution in [1.82, 2.24) is 15.0 Å². The summed E-state index contributed by atoms with van der Waals surface area (Å²) >= 11 is 0. The number of hydrogen-bond donors (Lipinski definition) is 2. The van der Waals surface area contributed by atoms with Crippen LogP contribution in [0.25, 0.3) is 11.0 Å². The van der Waals surface area contributed by atoms with Gasteiger partial charge in [-0.15, -0.1) is 0 Å². The highest BCUT2D eigenvalue weighted by Crippen LogP contribution is 2.31. The Bertz CT molecular complexity index is 1010. The molecule has 0 aliphatic carbocycles. The van der Waals surface area contributed by atoms with Crippen molar-refractivity contribution in [2.75, 3.05) is 7.11 Å². The van der Waals surface area contributed by atoms with Crippen LogP contribution >= 0.6 is 0 Å². The molecule has 0 bridgehead atoms. The van der Waals surface area contributed by atoms with Crippen LogP contribution in [0.1, 0.15) is 11.3 Å². The van der Waals surface area contributed by atoms with E-state index in [9.17, 15) is 22.2 Å². The number of alkyl halides is 3. The summed E-state index contributed by atoms with van der Waals surface area (Å²) in [5.74, 6) is -0.0723. The van der Waals surface area contributed by atoms with Crippen LogP contribution in [-0.4, -0.2) is 26.3 Å². The molecule has 10 heteroatoms. The molecule has 0 amide bonds. The molecule has 0 fully saturated rings. The maximum absolute atomic E-state index is 12.7. The standard InChI is InChI=1S/C15H12F3N3O3S/c1-24-13-11(19-5-4-12(13)22)7-25(23)14-20-9-3-2-8(15(16,17)18)6-10(9)21-14/h2-6H,7H2,1H3,(H,19,22)(H,20,21). The minimum Gasteiger partial charge on any atom is -0.491 e. The Labute approximate surface area is 141 Å².